The topological polar surface area (TPSA) is 78.2 Å². The highest BCUT2D eigenvalue weighted by atomic mass is 16.5. The molecule has 0 atom stereocenters. The second-order valence-electron chi connectivity index (χ2n) is 4.24. The Labute approximate surface area is 117 Å². The van der Waals surface area contributed by atoms with E-state index in [1.165, 1.54) is 0 Å². The van der Waals surface area contributed by atoms with Crippen LogP contribution in [0.5, 0.6) is 11.5 Å². The van der Waals surface area contributed by atoms with Crippen LogP contribution in [0.1, 0.15) is 11.4 Å². The molecule has 0 bridgehead atoms. The van der Waals surface area contributed by atoms with E-state index in [-0.39, 0.29) is 12.4 Å². The van der Waals surface area contributed by atoms with Crippen molar-refractivity contribution in [3.63, 3.8) is 0 Å². The van der Waals surface area contributed by atoms with Gasteiger partial charge in [-0.1, -0.05) is 0 Å². The molecule has 0 spiro atoms. The number of benzene rings is 1. The van der Waals surface area contributed by atoms with E-state index in [9.17, 15) is 5.11 Å². The number of ether oxygens (including phenoxy) is 1. The Morgan fingerprint density at radius 1 is 1.25 bits per heavy atom. The number of aromatic nitrogens is 1. The number of rotatable bonds is 5. The SMILES string of the molecule is Cc1ccc(O)c(CNc2ccc(OCC#N)cc2)n1. The molecule has 2 rings (SSSR count). The van der Waals surface area contributed by atoms with E-state index in [2.05, 4.69) is 10.3 Å². The minimum atomic E-state index is 0.0356. The Kier molecular flexibility index (Phi) is 4.40. The van der Waals surface area contributed by atoms with Crippen molar-refractivity contribution in [1.82, 2.24) is 4.98 Å². The first kappa shape index (κ1) is 13.7. The van der Waals surface area contributed by atoms with Crippen molar-refractivity contribution in [2.24, 2.45) is 0 Å². The third-order valence-electron chi connectivity index (χ3n) is 2.71. The molecule has 0 aliphatic rings. The lowest BCUT2D eigenvalue weighted by atomic mass is 10.2. The van der Waals surface area contributed by atoms with E-state index in [1.54, 1.807) is 24.3 Å². The first-order valence-electron chi connectivity index (χ1n) is 6.18. The Hall–Kier alpha value is -2.74. The predicted octanol–water partition coefficient (Wildman–Crippen LogP) is 2.61. The molecule has 5 nitrogen and oxygen atoms in total. The molecular formula is C15H15N3O2. The summed E-state index contributed by atoms with van der Waals surface area (Å²) >= 11 is 0. The summed E-state index contributed by atoms with van der Waals surface area (Å²) in [4.78, 5) is 4.27. The van der Waals surface area contributed by atoms with Gasteiger partial charge in [-0.15, -0.1) is 0 Å². The molecule has 5 heteroatoms. The number of nitriles is 1. The molecule has 0 radical (unpaired) electrons. The minimum absolute atomic E-state index is 0.0356. The monoisotopic (exact) mass is 269 g/mol. The smallest absolute Gasteiger partial charge is 0.174 e. The van der Waals surface area contributed by atoms with E-state index in [4.69, 9.17) is 10.00 Å². The number of aromatic hydroxyl groups is 1. The highest BCUT2D eigenvalue weighted by Gasteiger charge is 2.03. The van der Waals surface area contributed by atoms with Crippen LogP contribution in [0.15, 0.2) is 36.4 Å². The van der Waals surface area contributed by atoms with Crippen molar-refractivity contribution in [3.8, 4) is 17.6 Å². The Balaban J connectivity index is 1.97. The highest BCUT2D eigenvalue weighted by Crippen LogP contribution is 2.19. The summed E-state index contributed by atoms with van der Waals surface area (Å²) in [6.45, 7) is 2.35. The van der Waals surface area contributed by atoms with Gasteiger partial charge in [-0.05, 0) is 43.3 Å². The van der Waals surface area contributed by atoms with Gasteiger partial charge in [0.2, 0.25) is 0 Å². The van der Waals surface area contributed by atoms with Gasteiger partial charge in [-0.2, -0.15) is 5.26 Å². The summed E-state index contributed by atoms with van der Waals surface area (Å²) in [5.41, 5.74) is 2.35. The van der Waals surface area contributed by atoms with Crippen molar-refractivity contribution in [3.05, 3.63) is 47.8 Å². The fourth-order valence-electron chi connectivity index (χ4n) is 1.70. The van der Waals surface area contributed by atoms with E-state index < -0.39 is 0 Å². The standard InChI is InChI=1S/C15H15N3O2/c1-11-2-7-15(19)14(18-11)10-17-12-3-5-13(6-4-12)20-9-8-16/h2-7,17,19H,9-10H2,1H3. The van der Waals surface area contributed by atoms with E-state index in [0.29, 0.717) is 18.0 Å². The Bertz CT molecular complexity index is 618. The molecule has 2 N–H and O–H groups in total. The van der Waals surface area contributed by atoms with Gasteiger partial charge in [-0.25, -0.2) is 0 Å². The molecule has 0 saturated carbocycles. The molecular weight excluding hydrogens is 254 g/mol. The largest absolute Gasteiger partial charge is 0.506 e. The number of anilines is 1. The maximum absolute atomic E-state index is 9.70. The second-order valence-corrected chi connectivity index (χ2v) is 4.24. The Morgan fingerprint density at radius 3 is 2.70 bits per heavy atom. The lowest BCUT2D eigenvalue weighted by Gasteiger charge is -2.09. The van der Waals surface area contributed by atoms with Gasteiger partial charge in [0.15, 0.2) is 6.61 Å². The van der Waals surface area contributed by atoms with Crippen LogP contribution in [-0.2, 0) is 6.54 Å². The van der Waals surface area contributed by atoms with Crippen LogP contribution < -0.4 is 10.1 Å². The van der Waals surface area contributed by atoms with Gasteiger partial charge in [0.1, 0.15) is 23.3 Å². The molecule has 0 amide bonds. The van der Waals surface area contributed by atoms with Crippen LogP contribution in [0.2, 0.25) is 0 Å². The maximum atomic E-state index is 9.70. The van der Waals surface area contributed by atoms with Gasteiger partial charge < -0.3 is 15.2 Å². The van der Waals surface area contributed by atoms with Gasteiger partial charge in [0, 0.05) is 11.4 Å². The molecule has 0 aliphatic carbocycles. The summed E-state index contributed by atoms with van der Waals surface area (Å²) in [6, 6.07) is 12.6. The van der Waals surface area contributed by atoms with Crippen molar-refractivity contribution in [2.75, 3.05) is 11.9 Å². The number of aryl methyl sites for hydroxylation is 1. The maximum Gasteiger partial charge on any atom is 0.174 e. The van der Waals surface area contributed by atoms with Crippen LogP contribution in [0.25, 0.3) is 0 Å². The average Bonchev–Trinajstić information content (AvgIpc) is 2.47. The van der Waals surface area contributed by atoms with Crippen LogP contribution in [0, 0.1) is 18.3 Å². The number of hydrogen-bond acceptors (Lipinski definition) is 5. The fourth-order valence-corrected chi connectivity index (χ4v) is 1.70. The average molecular weight is 269 g/mol. The minimum Gasteiger partial charge on any atom is -0.506 e. The van der Waals surface area contributed by atoms with Crippen LogP contribution in [0.4, 0.5) is 5.69 Å². The molecule has 0 saturated heterocycles. The van der Waals surface area contributed by atoms with Gasteiger partial charge in [0.05, 0.1) is 6.54 Å². The van der Waals surface area contributed by atoms with Crippen molar-refractivity contribution >= 4 is 5.69 Å². The van der Waals surface area contributed by atoms with Crippen molar-refractivity contribution in [1.29, 1.82) is 5.26 Å². The molecule has 0 fully saturated rings. The first-order chi connectivity index (χ1) is 9.69. The van der Waals surface area contributed by atoms with Crippen LogP contribution >= 0.6 is 0 Å². The molecule has 0 unspecified atom stereocenters. The summed E-state index contributed by atoms with van der Waals surface area (Å²) in [5.74, 6) is 0.825. The normalized spacial score (nSPS) is 9.80. The molecule has 102 valence electrons. The predicted molar refractivity (Wildman–Crippen MR) is 75.5 cm³/mol. The molecule has 0 aliphatic heterocycles. The second kappa shape index (κ2) is 6.43. The summed E-state index contributed by atoms with van der Waals surface area (Å²) in [5, 5.41) is 21.3. The summed E-state index contributed by atoms with van der Waals surface area (Å²) in [6.07, 6.45) is 0. The molecule has 1 heterocycles. The van der Waals surface area contributed by atoms with E-state index in [1.807, 2.05) is 25.1 Å². The number of nitrogens with one attached hydrogen (secondary N) is 1. The summed E-state index contributed by atoms with van der Waals surface area (Å²) < 4.78 is 5.17. The Morgan fingerprint density at radius 2 is 2.00 bits per heavy atom. The quantitative estimate of drug-likeness (QED) is 0.872. The van der Waals surface area contributed by atoms with E-state index in [0.717, 1.165) is 11.4 Å². The fraction of sp³-hybridized carbons (Fsp3) is 0.200. The third kappa shape index (κ3) is 3.62. The summed E-state index contributed by atoms with van der Waals surface area (Å²) in [7, 11) is 0. The number of pyridine rings is 1. The lowest BCUT2D eigenvalue weighted by molar-refractivity contribution is 0.368. The first-order valence-corrected chi connectivity index (χ1v) is 6.18. The van der Waals surface area contributed by atoms with Gasteiger partial charge in [0.25, 0.3) is 0 Å². The molecule has 1 aromatic heterocycles. The van der Waals surface area contributed by atoms with Crippen LogP contribution in [-0.4, -0.2) is 16.7 Å². The van der Waals surface area contributed by atoms with Crippen molar-refractivity contribution in [2.45, 2.75) is 13.5 Å². The van der Waals surface area contributed by atoms with Gasteiger partial charge in [-0.3, -0.25) is 4.98 Å². The van der Waals surface area contributed by atoms with Crippen LogP contribution in [0.3, 0.4) is 0 Å². The zero-order valence-corrected chi connectivity index (χ0v) is 11.1. The lowest BCUT2D eigenvalue weighted by Crippen LogP contribution is -2.03. The number of nitrogens with zero attached hydrogens (tertiary/aromatic N) is 2. The van der Waals surface area contributed by atoms with E-state index >= 15 is 0 Å². The van der Waals surface area contributed by atoms with Gasteiger partial charge >= 0.3 is 0 Å². The molecule has 1 aromatic carbocycles. The molecule has 2 aromatic rings. The van der Waals surface area contributed by atoms with Crippen molar-refractivity contribution < 1.29 is 9.84 Å². The number of hydrogen-bond donors (Lipinski definition) is 2. The molecule has 20 heavy (non-hydrogen) atoms. The zero-order chi connectivity index (χ0) is 14.4. The third-order valence-corrected chi connectivity index (χ3v) is 2.71. The zero-order valence-electron chi connectivity index (χ0n) is 11.1. The highest BCUT2D eigenvalue weighted by molar-refractivity contribution is 5.47.